The van der Waals surface area contributed by atoms with E-state index in [4.69, 9.17) is 11.6 Å². The van der Waals surface area contributed by atoms with E-state index in [0.29, 0.717) is 5.88 Å². The summed E-state index contributed by atoms with van der Waals surface area (Å²) in [4.78, 5) is 8.55. The molecule has 2 nitrogen and oxygen atoms in total. The molecule has 0 aliphatic heterocycles. The van der Waals surface area contributed by atoms with Crippen molar-refractivity contribution in [3.63, 3.8) is 0 Å². The van der Waals surface area contributed by atoms with E-state index in [-0.39, 0.29) is 0 Å². The van der Waals surface area contributed by atoms with Gasteiger partial charge in [0.2, 0.25) is 0 Å². The van der Waals surface area contributed by atoms with Crippen molar-refractivity contribution in [2.75, 3.05) is 0 Å². The average Bonchev–Trinajstić information content (AvgIpc) is 2.16. The Morgan fingerprint density at radius 3 is 2.00 bits per heavy atom. The summed E-state index contributed by atoms with van der Waals surface area (Å²) in [5, 5.41) is 0. The van der Waals surface area contributed by atoms with Gasteiger partial charge in [0, 0.05) is 11.4 Å². The minimum Gasteiger partial charge on any atom is -0.237 e. The summed E-state index contributed by atoms with van der Waals surface area (Å²) in [6.45, 7) is 4.17. The van der Waals surface area contributed by atoms with Crippen LogP contribution in [0.15, 0.2) is 6.07 Å². The number of hydrogen-bond acceptors (Lipinski definition) is 2. The molecule has 1 aromatic rings. The molecule has 0 bridgehead atoms. The molecule has 1 aromatic heterocycles. The molecule has 0 aliphatic carbocycles. The van der Waals surface area contributed by atoms with Crippen LogP contribution in [0.3, 0.4) is 0 Å². The molecule has 0 spiro atoms. The summed E-state index contributed by atoms with van der Waals surface area (Å²) < 4.78 is 0. The molecule has 1 heterocycles. The molecule has 0 atom stereocenters. The van der Waals surface area contributed by atoms with Gasteiger partial charge in [-0.25, -0.2) is 9.97 Å². The number of halogens is 1. The molecular weight excluding hydrogens is 172 g/mol. The van der Waals surface area contributed by atoms with Gasteiger partial charge in [-0.15, -0.1) is 11.6 Å². The van der Waals surface area contributed by atoms with Crippen molar-refractivity contribution < 1.29 is 0 Å². The fraction of sp³-hybridized carbons (Fsp3) is 0.556. The second kappa shape index (κ2) is 4.41. The van der Waals surface area contributed by atoms with Crippen molar-refractivity contribution in [3.8, 4) is 0 Å². The summed E-state index contributed by atoms with van der Waals surface area (Å²) in [5.41, 5.74) is 2.16. The topological polar surface area (TPSA) is 25.8 Å². The number of alkyl halides is 1. The van der Waals surface area contributed by atoms with Crippen molar-refractivity contribution >= 4 is 11.6 Å². The Kier molecular flexibility index (Phi) is 3.48. The van der Waals surface area contributed by atoms with E-state index >= 15 is 0 Å². The van der Waals surface area contributed by atoms with Crippen LogP contribution in [0.4, 0.5) is 0 Å². The van der Waals surface area contributed by atoms with Crippen molar-refractivity contribution in [2.45, 2.75) is 32.6 Å². The Hall–Kier alpha value is -0.630. The third-order valence-electron chi connectivity index (χ3n) is 1.72. The molecule has 3 heteroatoms. The molecule has 66 valence electrons. The zero-order valence-electron chi connectivity index (χ0n) is 7.47. The second-order valence-corrected chi connectivity index (χ2v) is 2.87. The third kappa shape index (κ3) is 2.18. The molecule has 0 saturated heterocycles. The van der Waals surface area contributed by atoms with Crippen LogP contribution in [-0.2, 0) is 18.7 Å². The molecular formula is C9H13ClN2. The van der Waals surface area contributed by atoms with Crippen molar-refractivity contribution in [3.05, 3.63) is 23.3 Å². The quantitative estimate of drug-likeness (QED) is 0.674. The van der Waals surface area contributed by atoms with E-state index in [0.717, 1.165) is 30.1 Å². The summed E-state index contributed by atoms with van der Waals surface area (Å²) in [7, 11) is 0. The zero-order valence-corrected chi connectivity index (χ0v) is 8.23. The van der Waals surface area contributed by atoms with E-state index in [1.165, 1.54) is 0 Å². The first-order valence-corrected chi connectivity index (χ1v) is 4.75. The number of hydrogen-bond donors (Lipinski definition) is 0. The van der Waals surface area contributed by atoms with Crippen LogP contribution in [0.5, 0.6) is 0 Å². The van der Waals surface area contributed by atoms with E-state index in [2.05, 4.69) is 23.8 Å². The lowest BCUT2D eigenvalue weighted by atomic mass is 10.2. The molecule has 0 aliphatic rings. The van der Waals surface area contributed by atoms with E-state index < -0.39 is 0 Å². The minimum absolute atomic E-state index is 0.404. The third-order valence-corrected chi connectivity index (χ3v) is 1.96. The molecule has 0 saturated carbocycles. The van der Waals surface area contributed by atoms with E-state index in [9.17, 15) is 0 Å². The second-order valence-electron chi connectivity index (χ2n) is 2.61. The summed E-state index contributed by atoms with van der Waals surface area (Å²) in [5.74, 6) is 1.15. The van der Waals surface area contributed by atoms with Gasteiger partial charge in [0.25, 0.3) is 0 Å². The Labute approximate surface area is 78.0 Å². The Morgan fingerprint density at radius 2 is 1.67 bits per heavy atom. The monoisotopic (exact) mass is 184 g/mol. The molecule has 0 unspecified atom stereocenters. The Bertz CT molecular complexity index is 205. The fourth-order valence-corrected chi connectivity index (χ4v) is 1.15. The first-order valence-electron chi connectivity index (χ1n) is 4.21. The molecule has 0 N–H and O–H groups in total. The summed E-state index contributed by atoms with van der Waals surface area (Å²) in [6, 6.07) is 2.04. The van der Waals surface area contributed by atoms with Crippen LogP contribution in [0.2, 0.25) is 0 Å². The molecule has 0 radical (unpaired) electrons. The molecule has 0 aromatic carbocycles. The predicted molar refractivity (Wildman–Crippen MR) is 50.3 cm³/mol. The van der Waals surface area contributed by atoms with Crippen molar-refractivity contribution in [1.82, 2.24) is 9.97 Å². The highest BCUT2D eigenvalue weighted by Crippen LogP contribution is 2.04. The smallest absolute Gasteiger partial charge is 0.143 e. The lowest BCUT2D eigenvalue weighted by Gasteiger charge is -2.02. The van der Waals surface area contributed by atoms with E-state index in [1.807, 2.05) is 6.07 Å². The van der Waals surface area contributed by atoms with Gasteiger partial charge in [0.15, 0.2) is 0 Å². The van der Waals surface area contributed by atoms with E-state index in [1.54, 1.807) is 0 Å². The van der Waals surface area contributed by atoms with Crippen LogP contribution in [-0.4, -0.2) is 9.97 Å². The van der Waals surface area contributed by atoms with Gasteiger partial charge in [0.05, 0.1) is 5.88 Å². The number of aromatic nitrogens is 2. The van der Waals surface area contributed by atoms with Gasteiger partial charge >= 0.3 is 0 Å². The average molecular weight is 185 g/mol. The first kappa shape index (κ1) is 9.46. The highest BCUT2D eigenvalue weighted by Gasteiger charge is 2.00. The SMILES string of the molecule is CCc1cc(CC)nc(CCl)n1. The van der Waals surface area contributed by atoms with Gasteiger partial charge in [0.1, 0.15) is 5.82 Å². The summed E-state index contributed by atoms with van der Waals surface area (Å²) in [6.07, 6.45) is 1.89. The Morgan fingerprint density at radius 1 is 1.17 bits per heavy atom. The maximum Gasteiger partial charge on any atom is 0.143 e. The highest BCUT2D eigenvalue weighted by atomic mass is 35.5. The molecule has 0 fully saturated rings. The maximum absolute atomic E-state index is 5.66. The van der Waals surface area contributed by atoms with Crippen molar-refractivity contribution in [2.24, 2.45) is 0 Å². The largest absolute Gasteiger partial charge is 0.237 e. The zero-order chi connectivity index (χ0) is 8.97. The lowest BCUT2D eigenvalue weighted by Crippen LogP contribution is -2.00. The van der Waals surface area contributed by atoms with Gasteiger partial charge in [-0.05, 0) is 18.9 Å². The number of nitrogens with zero attached hydrogens (tertiary/aromatic N) is 2. The molecule has 12 heavy (non-hydrogen) atoms. The Balaban J connectivity index is 3.01. The van der Waals surface area contributed by atoms with Crippen LogP contribution < -0.4 is 0 Å². The lowest BCUT2D eigenvalue weighted by molar-refractivity contribution is 0.885. The standard InChI is InChI=1S/C9H13ClN2/c1-3-7-5-8(4-2)12-9(6-10)11-7/h5H,3-4,6H2,1-2H3. The van der Waals surface area contributed by atoms with Gasteiger partial charge in [-0.2, -0.15) is 0 Å². The predicted octanol–water partition coefficient (Wildman–Crippen LogP) is 2.34. The van der Waals surface area contributed by atoms with Gasteiger partial charge < -0.3 is 0 Å². The van der Waals surface area contributed by atoms with Crippen molar-refractivity contribution in [1.29, 1.82) is 0 Å². The molecule has 1 rings (SSSR count). The fourth-order valence-electron chi connectivity index (χ4n) is 1.04. The minimum atomic E-state index is 0.404. The molecule has 0 amide bonds. The highest BCUT2D eigenvalue weighted by molar-refractivity contribution is 6.16. The van der Waals surface area contributed by atoms with Gasteiger partial charge in [-0.3, -0.25) is 0 Å². The first-order chi connectivity index (χ1) is 5.80. The number of aryl methyl sites for hydroxylation is 2. The normalized spacial score (nSPS) is 10.2. The van der Waals surface area contributed by atoms with Crippen LogP contribution in [0.1, 0.15) is 31.1 Å². The van der Waals surface area contributed by atoms with Crippen LogP contribution >= 0.6 is 11.6 Å². The summed E-state index contributed by atoms with van der Waals surface area (Å²) >= 11 is 5.66. The number of rotatable bonds is 3. The maximum atomic E-state index is 5.66. The van der Waals surface area contributed by atoms with Gasteiger partial charge in [-0.1, -0.05) is 13.8 Å². The van der Waals surface area contributed by atoms with Crippen LogP contribution in [0, 0.1) is 0 Å². The van der Waals surface area contributed by atoms with Crippen LogP contribution in [0.25, 0.3) is 0 Å².